The van der Waals surface area contributed by atoms with Crippen LogP contribution in [0.15, 0.2) is 5.10 Å². The smallest absolute Gasteiger partial charge is 0.324 e. The minimum Gasteiger partial charge on any atom is -0.349 e. The number of carbonyl (C=O) groups is 4. The molecular formula is C10H13N5O4. The van der Waals surface area contributed by atoms with Gasteiger partial charge in [-0.15, -0.1) is 0 Å². The third kappa shape index (κ3) is 3.06. The molecule has 2 aliphatic heterocycles. The highest BCUT2D eigenvalue weighted by Crippen LogP contribution is 2.00. The summed E-state index contributed by atoms with van der Waals surface area (Å²) in [6, 6.07) is -0.457. The minimum atomic E-state index is -0.457. The first-order valence-corrected chi connectivity index (χ1v) is 5.79. The van der Waals surface area contributed by atoms with Crippen LogP contribution in [0.5, 0.6) is 0 Å². The summed E-state index contributed by atoms with van der Waals surface area (Å²) in [5, 5.41) is 8.56. The lowest BCUT2D eigenvalue weighted by atomic mass is 10.1. The third-order valence-corrected chi connectivity index (χ3v) is 2.72. The van der Waals surface area contributed by atoms with E-state index in [1.807, 2.05) is 0 Å². The highest BCUT2D eigenvalue weighted by molar-refractivity contribution is 6.39. The summed E-state index contributed by atoms with van der Waals surface area (Å²) in [7, 11) is 0. The Bertz CT molecular complexity index is 457. The Kier molecular flexibility index (Phi) is 3.74. The van der Waals surface area contributed by atoms with Gasteiger partial charge < -0.3 is 10.6 Å². The van der Waals surface area contributed by atoms with Crippen molar-refractivity contribution in [1.29, 1.82) is 0 Å². The van der Waals surface area contributed by atoms with E-state index in [0.717, 1.165) is 4.90 Å². The standard InChI is InChI=1S/C10H13N5O4/c16-7-2-1-6(13-14-7)9(18)11-3-4-15-8(17)5-12-10(15)19/h1-5H2,(H,11,18)(H,12,19)(H,14,16). The van der Waals surface area contributed by atoms with Gasteiger partial charge in [0.25, 0.3) is 5.91 Å². The Morgan fingerprint density at radius 2 is 2.11 bits per heavy atom. The predicted octanol–water partition coefficient (Wildman–Crippen LogP) is -2.08. The molecule has 0 saturated carbocycles. The van der Waals surface area contributed by atoms with Crippen LogP contribution in [0.25, 0.3) is 0 Å². The van der Waals surface area contributed by atoms with Gasteiger partial charge in [-0.3, -0.25) is 19.3 Å². The van der Waals surface area contributed by atoms with Crippen molar-refractivity contribution in [2.24, 2.45) is 5.10 Å². The first-order valence-electron chi connectivity index (χ1n) is 5.79. The van der Waals surface area contributed by atoms with Gasteiger partial charge in [0, 0.05) is 25.9 Å². The molecule has 1 fully saturated rings. The van der Waals surface area contributed by atoms with Gasteiger partial charge in [0.2, 0.25) is 11.8 Å². The van der Waals surface area contributed by atoms with E-state index in [0.29, 0.717) is 0 Å². The molecule has 19 heavy (non-hydrogen) atoms. The van der Waals surface area contributed by atoms with Crippen LogP contribution in [0.4, 0.5) is 4.79 Å². The quantitative estimate of drug-likeness (QED) is 0.506. The van der Waals surface area contributed by atoms with Crippen LogP contribution in [-0.2, 0) is 14.4 Å². The zero-order chi connectivity index (χ0) is 13.8. The van der Waals surface area contributed by atoms with Crippen molar-refractivity contribution in [3.05, 3.63) is 0 Å². The fraction of sp³-hybridized carbons (Fsp3) is 0.500. The summed E-state index contributed by atoms with van der Waals surface area (Å²) < 4.78 is 0. The lowest BCUT2D eigenvalue weighted by molar-refractivity contribution is -0.125. The van der Waals surface area contributed by atoms with Gasteiger partial charge in [-0.1, -0.05) is 0 Å². The second-order valence-corrected chi connectivity index (χ2v) is 4.05. The maximum Gasteiger partial charge on any atom is 0.324 e. The average Bonchev–Trinajstić information content (AvgIpc) is 2.71. The molecular weight excluding hydrogens is 254 g/mol. The fourth-order valence-corrected chi connectivity index (χ4v) is 1.70. The summed E-state index contributed by atoms with van der Waals surface area (Å²) in [6.45, 7) is 0.243. The van der Waals surface area contributed by atoms with E-state index in [1.165, 1.54) is 0 Å². The molecule has 5 amide bonds. The number of rotatable bonds is 4. The van der Waals surface area contributed by atoms with Crippen LogP contribution in [-0.4, -0.2) is 54.0 Å². The number of imide groups is 1. The van der Waals surface area contributed by atoms with Gasteiger partial charge in [-0.05, 0) is 0 Å². The highest BCUT2D eigenvalue weighted by atomic mass is 16.2. The highest BCUT2D eigenvalue weighted by Gasteiger charge is 2.28. The van der Waals surface area contributed by atoms with Gasteiger partial charge in [0.05, 0.1) is 6.54 Å². The summed E-state index contributed by atoms with van der Waals surface area (Å²) in [4.78, 5) is 46.0. The van der Waals surface area contributed by atoms with Gasteiger partial charge in [-0.2, -0.15) is 5.10 Å². The Morgan fingerprint density at radius 1 is 1.32 bits per heavy atom. The van der Waals surface area contributed by atoms with E-state index >= 15 is 0 Å². The van der Waals surface area contributed by atoms with E-state index in [9.17, 15) is 19.2 Å². The molecule has 0 aromatic carbocycles. The van der Waals surface area contributed by atoms with Crippen molar-refractivity contribution in [3.8, 4) is 0 Å². The number of hydrazone groups is 1. The maximum atomic E-state index is 11.6. The third-order valence-electron chi connectivity index (χ3n) is 2.72. The molecule has 0 bridgehead atoms. The number of hydrogen-bond donors (Lipinski definition) is 3. The molecule has 2 aliphatic rings. The minimum absolute atomic E-state index is 0.00841. The molecule has 9 nitrogen and oxygen atoms in total. The van der Waals surface area contributed by atoms with Gasteiger partial charge >= 0.3 is 6.03 Å². The molecule has 102 valence electrons. The molecule has 0 unspecified atom stereocenters. The second kappa shape index (κ2) is 5.46. The number of amides is 5. The molecule has 2 heterocycles. The number of urea groups is 1. The molecule has 0 radical (unpaired) electrons. The first kappa shape index (κ1) is 13.0. The number of hydrogen-bond acceptors (Lipinski definition) is 5. The van der Waals surface area contributed by atoms with Crippen LogP contribution < -0.4 is 16.1 Å². The van der Waals surface area contributed by atoms with E-state index in [2.05, 4.69) is 21.2 Å². The van der Waals surface area contributed by atoms with Crippen LogP contribution >= 0.6 is 0 Å². The van der Waals surface area contributed by atoms with Gasteiger partial charge in [0.1, 0.15) is 5.71 Å². The summed E-state index contributed by atoms with van der Waals surface area (Å²) in [6.07, 6.45) is 0.500. The van der Waals surface area contributed by atoms with Crippen molar-refractivity contribution in [2.75, 3.05) is 19.6 Å². The van der Waals surface area contributed by atoms with Crippen LogP contribution in [0.1, 0.15) is 12.8 Å². The van der Waals surface area contributed by atoms with Crippen LogP contribution in [0, 0.1) is 0 Å². The molecule has 1 saturated heterocycles. The molecule has 0 aliphatic carbocycles. The SMILES string of the molecule is O=C1CCC(C(=O)NCCN2C(=O)CNC2=O)=NN1. The molecule has 3 N–H and O–H groups in total. The van der Waals surface area contributed by atoms with Crippen molar-refractivity contribution < 1.29 is 19.2 Å². The lowest BCUT2D eigenvalue weighted by Crippen LogP contribution is -2.42. The largest absolute Gasteiger partial charge is 0.349 e. The normalized spacial score (nSPS) is 18.8. The molecule has 9 heteroatoms. The molecule has 2 rings (SSSR count). The number of carbonyl (C=O) groups excluding carboxylic acids is 4. The zero-order valence-electron chi connectivity index (χ0n) is 10.1. The molecule has 0 spiro atoms. The monoisotopic (exact) mass is 267 g/mol. The zero-order valence-corrected chi connectivity index (χ0v) is 10.1. The van der Waals surface area contributed by atoms with E-state index in [4.69, 9.17) is 0 Å². The van der Waals surface area contributed by atoms with Gasteiger partial charge in [0.15, 0.2) is 0 Å². The van der Waals surface area contributed by atoms with E-state index in [-0.39, 0.29) is 50.0 Å². The van der Waals surface area contributed by atoms with E-state index in [1.54, 1.807) is 0 Å². The Hall–Kier alpha value is -2.45. The predicted molar refractivity (Wildman–Crippen MR) is 62.9 cm³/mol. The number of nitrogens with one attached hydrogen (secondary N) is 3. The van der Waals surface area contributed by atoms with Crippen molar-refractivity contribution in [3.63, 3.8) is 0 Å². The Balaban J connectivity index is 1.77. The molecule has 0 aromatic heterocycles. The van der Waals surface area contributed by atoms with Crippen LogP contribution in [0.3, 0.4) is 0 Å². The second-order valence-electron chi connectivity index (χ2n) is 4.05. The summed E-state index contributed by atoms with van der Waals surface area (Å²) >= 11 is 0. The van der Waals surface area contributed by atoms with Crippen molar-refractivity contribution in [1.82, 2.24) is 21.0 Å². The lowest BCUT2D eigenvalue weighted by Gasteiger charge is -2.14. The van der Waals surface area contributed by atoms with Crippen LogP contribution in [0.2, 0.25) is 0 Å². The topological polar surface area (TPSA) is 120 Å². The van der Waals surface area contributed by atoms with Crippen molar-refractivity contribution >= 4 is 29.5 Å². The van der Waals surface area contributed by atoms with Gasteiger partial charge in [-0.25, -0.2) is 10.2 Å². The maximum absolute atomic E-state index is 11.6. The summed E-state index contributed by atoms with van der Waals surface area (Å²) in [5.74, 6) is -0.954. The first-order chi connectivity index (χ1) is 9.08. The Morgan fingerprint density at radius 3 is 2.68 bits per heavy atom. The number of nitrogens with zero attached hydrogens (tertiary/aromatic N) is 2. The molecule has 0 atom stereocenters. The van der Waals surface area contributed by atoms with Crippen molar-refractivity contribution in [2.45, 2.75) is 12.8 Å². The summed E-state index contributed by atoms with van der Waals surface area (Å²) in [5.41, 5.74) is 2.45. The average molecular weight is 267 g/mol. The molecule has 0 aromatic rings. The van der Waals surface area contributed by atoms with E-state index < -0.39 is 11.9 Å². The Labute approximate surface area is 108 Å². The fourth-order valence-electron chi connectivity index (χ4n) is 1.70.